The molecule has 0 aliphatic carbocycles. The van der Waals surface area contributed by atoms with Gasteiger partial charge in [-0.15, -0.1) is 0 Å². The monoisotopic (exact) mass is 265 g/mol. The number of unbranched alkanes of at least 4 members (excludes halogenated alkanes) is 6. The van der Waals surface area contributed by atoms with Gasteiger partial charge >= 0.3 is 0 Å². The van der Waals surface area contributed by atoms with Crippen LogP contribution in [-0.2, 0) is 4.79 Å². The maximum atomic E-state index is 12.2. The van der Waals surface area contributed by atoms with Crippen LogP contribution in [0.1, 0.15) is 84.0 Å². The Bertz CT molecular complexity index is 264. The summed E-state index contributed by atoms with van der Waals surface area (Å²) in [6, 6.07) is 1.31. The molecule has 0 saturated carbocycles. The van der Waals surface area contributed by atoms with Crippen molar-refractivity contribution in [2.75, 3.05) is 0 Å². The van der Waals surface area contributed by atoms with Crippen molar-refractivity contribution in [2.24, 2.45) is 5.92 Å². The summed E-state index contributed by atoms with van der Waals surface area (Å²) in [6.07, 6.45) is 14.8. The molecule has 0 amide bonds. The summed E-state index contributed by atoms with van der Waals surface area (Å²) in [4.78, 5) is 12.2. The molecule has 0 spiro atoms. The minimum atomic E-state index is 0.388. The fraction of sp³-hybridized carbons (Fsp3) is 0.941. The predicted molar refractivity (Wildman–Crippen MR) is 80.3 cm³/mol. The number of hydrogen-bond acceptors (Lipinski definition) is 2. The van der Waals surface area contributed by atoms with E-state index in [9.17, 15) is 4.79 Å². The number of nitrogens with one attached hydrogen (secondary N) is 1. The summed E-state index contributed by atoms with van der Waals surface area (Å²) in [5.41, 5.74) is 0. The largest absolute Gasteiger partial charge is 0.311 e. The lowest BCUT2D eigenvalue weighted by Crippen LogP contribution is -2.40. The summed E-state index contributed by atoms with van der Waals surface area (Å²) < 4.78 is 0. The third kappa shape index (κ3) is 4.91. The van der Waals surface area contributed by atoms with E-state index < -0.39 is 0 Å². The highest BCUT2D eigenvalue weighted by Crippen LogP contribution is 2.32. The molecule has 2 unspecified atom stereocenters. The van der Waals surface area contributed by atoms with E-state index in [2.05, 4.69) is 12.2 Å². The summed E-state index contributed by atoms with van der Waals surface area (Å²) in [5, 5.41) is 3.62. The molecule has 0 radical (unpaired) electrons. The van der Waals surface area contributed by atoms with E-state index in [4.69, 9.17) is 0 Å². The minimum absolute atomic E-state index is 0.388. The minimum Gasteiger partial charge on any atom is -0.311 e. The van der Waals surface area contributed by atoms with Gasteiger partial charge in [0.15, 0.2) is 0 Å². The number of hydrogen-bond donors (Lipinski definition) is 1. The smallest absolute Gasteiger partial charge is 0.136 e. The number of rotatable bonds is 9. The van der Waals surface area contributed by atoms with E-state index in [0.717, 1.165) is 25.7 Å². The van der Waals surface area contributed by atoms with Crippen LogP contribution in [0.25, 0.3) is 0 Å². The molecule has 1 N–H and O–H groups in total. The van der Waals surface area contributed by atoms with Crippen LogP contribution in [0.5, 0.6) is 0 Å². The topological polar surface area (TPSA) is 29.1 Å². The van der Waals surface area contributed by atoms with Crippen molar-refractivity contribution in [2.45, 2.75) is 96.1 Å². The Morgan fingerprint density at radius 1 is 0.947 bits per heavy atom. The maximum Gasteiger partial charge on any atom is 0.136 e. The van der Waals surface area contributed by atoms with Crippen molar-refractivity contribution in [1.82, 2.24) is 5.32 Å². The normalized spacial score (nSPS) is 29.6. The molecule has 0 aromatic carbocycles. The van der Waals surface area contributed by atoms with Gasteiger partial charge in [-0.05, 0) is 32.1 Å². The maximum absolute atomic E-state index is 12.2. The predicted octanol–water partition coefficient (Wildman–Crippen LogP) is 4.23. The third-order valence-corrected chi connectivity index (χ3v) is 4.96. The first-order chi connectivity index (χ1) is 9.29. The van der Waals surface area contributed by atoms with E-state index in [1.165, 1.54) is 51.4 Å². The van der Waals surface area contributed by atoms with Gasteiger partial charge in [0.1, 0.15) is 5.78 Å². The average Bonchev–Trinajstić information content (AvgIpc) is 2.76. The molecule has 2 aliphatic rings. The van der Waals surface area contributed by atoms with E-state index in [1.54, 1.807) is 0 Å². The molecule has 2 heterocycles. The summed E-state index contributed by atoms with van der Waals surface area (Å²) in [6.45, 7) is 2.25. The van der Waals surface area contributed by atoms with Crippen LogP contribution in [0.4, 0.5) is 0 Å². The van der Waals surface area contributed by atoms with Crippen molar-refractivity contribution in [1.29, 1.82) is 0 Å². The van der Waals surface area contributed by atoms with Gasteiger partial charge in [0.05, 0.1) is 0 Å². The molecule has 2 rings (SSSR count). The van der Waals surface area contributed by atoms with Gasteiger partial charge in [-0.1, -0.05) is 45.4 Å². The van der Waals surface area contributed by atoms with Crippen molar-refractivity contribution in [3.8, 4) is 0 Å². The molecule has 2 saturated heterocycles. The molecule has 19 heavy (non-hydrogen) atoms. The van der Waals surface area contributed by atoms with Crippen LogP contribution < -0.4 is 5.32 Å². The lowest BCUT2D eigenvalue weighted by atomic mass is 9.87. The average molecular weight is 265 g/mol. The lowest BCUT2D eigenvalue weighted by molar-refractivity contribution is -0.124. The zero-order valence-electron chi connectivity index (χ0n) is 12.6. The molecule has 0 aromatic rings. The van der Waals surface area contributed by atoms with Gasteiger partial charge in [0.25, 0.3) is 0 Å². The van der Waals surface area contributed by atoms with Gasteiger partial charge in [0, 0.05) is 24.4 Å². The van der Waals surface area contributed by atoms with Crippen LogP contribution in [0.3, 0.4) is 0 Å². The first-order valence-electron chi connectivity index (χ1n) is 8.58. The second-order valence-electron chi connectivity index (χ2n) is 6.64. The molecule has 2 fully saturated rings. The van der Waals surface area contributed by atoms with E-state index in [0.29, 0.717) is 23.8 Å². The number of carbonyl (C=O) groups excluding carboxylic acids is 1. The van der Waals surface area contributed by atoms with E-state index in [1.807, 2.05) is 0 Å². The van der Waals surface area contributed by atoms with Gasteiger partial charge in [-0.25, -0.2) is 0 Å². The summed E-state index contributed by atoms with van der Waals surface area (Å²) in [7, 11) is 0. The number of Topliss-reactive ketones (excluding diaryl/α,β-unsaturated/α-hetero) is 1. The molecular weight excluding hydrogens is 234 g/mol. The molecule has 2 bridgehead atoms. The Morgan fingerprint density at radius 2 is 1.53 bits per heavy atom. The Kier molecular flexibility index (Phi) is 6.36. The number of carbonyl (C=O) groups is 1. The molecular formula is C17H31NO. The van der Waals surface area contributed by atoms with Crippen LogP contribution in [-0.4, -0.2) is 17.9 Å². The zero-order chi connectivity index (χ0) is 13.5. The Hall–Kier alpha value is -0.370. The second kappa shape index (κ2) is 8.04. The highest BCUT2D eigenvalue weighted by molar-refractivity contribution is 5.81. The summed E-state index contributed by atoms with van der Waals surface area (Å²) >= 11 is 0. The van der Waals surface area contributed by atoms with Crippen molar-refractivity contribution >= 4 is 5.78 Å². The first kappa shape index (κ1) is 15.0. The standard InChI is InChI=1S/C17H31NO/c1-2-3-4-5-6-7-8-9-17(19)14-12-15-10-11-16(13-14)18-15/h14-16,18H,2-13H2,1H3. The quantitative estimate of drug-likeness (QED) is 0.632. The first-order valence-corrected chi connectivity index (χ1v) is 8.58. The molecule has 2 aliphatic heterocycles. The Balaban J connectivity index is 1.52. The molecule has 110 valence electrons. The SMILES string of the molecule is CCCCCCCCCC(=O)C1CC2CCC(C1)N2. The van der Waals surface area contributed by atoms with Crippen LogP contribution >= 0.6 is 0 Å². The van der Waals surface area contributed by atoms with Crippen molar-refractivity contribution in [3.63, 3.8) is 0 Å². The van der Waals surface area contributed by atoms with E-state index >= 15 is 0 Å². The van der Waals surface area contributed by atoms with Gasteiger partial charge in [-0.2, -0.15) is 0 Å². The number of piperidine rings is 1. The molecule has 2 heteroatoms. The second-order valence-corrected chi connectivity index (χ2v) is 6.64. The highest BCUT2D eigenvalue weighted by Gasteiger charge is 2.35. The fourth-order valence-corrected chi connectivity index (χ4v) is 3.78. The van der Waals surface area contributed by atoms with Gasteiger partial charge in [0.2, 0.25) is 0 Å². The fourth-order valence-electron chi connectivity index (χ4n) is 3.78. The van der Waals surface area contributed by atoms with Crippen molar-refractivity contribution in [3.05, 3.63) is 0 Å². The van der Waals surface area contributed by atoms with Crippen molar-refractivity contribution < 1.29 is 4.79 Å². The number of fused-ring (bicyclic) bond motifs is 2. The summed E-state index contributed by atoms with van der Waals surface area (Å²) in [5.74, 6) is 0.950. The Labute approximate surface area is 118 Å². The van der Waals surface area contributed by atoms with Crippen LogP contribution in [0, 0.1) is 5.92 Å². The highest BCUT2D eigenvalue weighted by atomic mass is 16.1. The van der Waals surface area contributed by atoms with E-state index in [-0.39, 0.29) is 0 Å². The number of ketones is 1. The van der Waals surface area contributed by atoms with Crippen LogP contribution in [0.2, 0.25) is 0 Å². The van der Waals surface area contributed by atoms with Crippen LogP contribution in [0.15, 0.2) is 0 Å². The Morgan fingerprint density at radius 3 is 2.16 bits per heavy atom. The molecule has 0 aromatic heterocycles. The van der Waals surface area contributed by atoms with Gasteiger partial charge < -0.3 is 5.32 Å². The molecule has 2 nitrogen and oxygen atoms in total. The van der Waals surface area contributed by atoms with Gasteiger partial charge in [-0.3, -0.25) is 4.79 Å². The molecule has 2 atom stereocenters. The third-order valence-electron chi connectivity index (χ3n) is 4.96. The lowest BCUT2D eigenvalue weighted by Gasteiger charge is -2.28. The zero-order valence-corrected chi connectivity index (χ0v) is 12.6.